The average molecular weight is 383 g/mol. The van der Waals surface area contributed by atoms with E-state index in [1.54, 1.807) is 23.1 Å². The first-order valence-electron chi connectivity index (χ1n) is 9.30. The summed E-state index contributed by atoms with van der Waals surface area (Å²) in [4.78, 5) is 38.1. The lowest BCUT2D eigenvalue weighted by Crippen LogP contribution is -2.36. The molecule has 2 aliphatic heterocycles. The summed E-state index contributed by atoms with van der Waals surface area (Å²) in [6.45, 7) is 0.865. The lowest BCUT2D eigenvalue weighted by atomic mass is 9.99. The minimum Gasteiger partial charge on any atom is -0.467 e. The van der Waals surface area contributed by atoms with Gasteiger partial charge in [-0.15, -0.1) is 0 Å². The van der Waals surface area contributed by atoms with Gasteiger partial charge in [0.15, 0.2) is 0 Å². The average Bonchev–Trinajstić information content (AvgIpc) is 3.31. The summed E-state index contributed by atoms with van der Waals surface area (Å²) in [5.41, 5.74) is 3.39. The molecule has 2 aromatic rings. The van der Waals surface area contributed by atoms with E-state index in [2.05, 4.69) is 10.6 Å². The van der Waals surface area contributed by atoms with Crippen molar-refractivity contribution >= 4 is 29.1 Å². The predicted molar refractivity (Wildman–Crippen MR) is 101 cm³/mol. The van der Waals surface area contributed by atoms with E-state index in [0.29, 0.717) is 17.9 Å². The van der Waals surface area contributed by atoms with Gasteiger partial charge in [-0.25, -0.2) is 0 Å². The number of aliphatic hydroxyl groups is 1. The van der Waals surface area contributed by atoms with Crippen LogP contribution in [0.1, 0.15) is 35.8 Å². The highest BCUT2D eigenvalue weighted by molar-refractivity contribution is 6.39. The summed E-state index contributed by atoms with van der Waals surface area (Å²) in [5, 5.41) is 15.0. The molecule has 4 rings (SSSR count). The topological polar surface area (TPSA) is 112 Å². The fourth-order valence-corrected chi connectivity index (χ4v) is 3.77. The van der Waals surface area contributed by atoms with Crippen LogP contribution >= 0.6 is 0 Å². The van der Waals surface area contributed by atoms with Gasteiger partial charge in [-0.05, 0) is 54.7 Å². The van der Waals surface area contributed by atoms with Crippen LogP contribution in [0.5, 0.6) is 0 Å². The van der Waals surface area contributed by atoms with Gasteiger partial charge in [0.1, 0.15) is 11.9 Å². The molecule has 1 aromatic heterocycles. The molecule has 1 atom stereocenters. The van der Waals surface area contributed by atoms with Gasteiger partial charge in [0, 0.05) is 18.8 Å². The van der Waals surface area contributed by atoms with Crippen LogP contribution in [-0.2, 0) is 27.2 Å². The van der Waals surface area contributed by atoms with Gasteiger partial charge in [-0.1, -0.05) is 0 Å². The Labute approximate surface area is 161 Å². The van der Waals surface area contributed by atoms with E-state index in [-0.39, 0.29) is 18.9 Å². The number of carbonyl (C=O) groups excluding carboxylic acids is 3. The molecule has 2 aliphatic rings. The van der Waals surface area contributed by atoms with Gasteiger partial charge in [0.25, 0.3) is 0 Å². The molecule has 3 heterocycles. The summed E-state index contributed by atoms with van der Waals surface area (Å²) in [7, 11) is 0. The van der Waals surface area contributed by atoms with E-state index in [4.69, 9.17) is 4.42 Å². The Morgan fingerprint density at radius 2 is 2.07 bits per heavy atom. The van der Waals surface area contributed by atoms with E-state index >= 15 is 0 Å². The molecule has 8 heteroatoms. The number of anilines is 2. The Morgan fingerprint density at radius 1 is 1.25 bits per heavy atom. The molecule has 146 valence electrons. The third-order valence-electron chi connectivity index (χ3n) is 5.05. The second kappa shape index (κ2) is 7.47. The molecule has 0 saturated heterocycles. The Balaban J connectivity index is 1.34. The largest absolute Gasteiger partial charge is 0.467 e. The Kier molecular flexibility index (Phi) is 4.87. The predicted octanol–water partition coefficient (Wildman–Crippen LogP) is 1.29. The first kappa shape index (κ1) is 18.2. The van der Waals surface area contributed by atoms with E-state index < -0.39 is 17.9 Å². The van der Waals surface area contributed by atoms with Gasteiger partial charge in [-0.2, -0.15) is 0 Å². The quantitative estimate of drug-likeness (QED) is 0.674. The summed E-state index contributed by atoms with van der Waals surface area (Å²) in [5.74, 6) is -1.07. The third-order valence-corrected chi connectivity index (χ3v) is 5.05. The second-order valence-electron chi connectivity index (χ2n) is 7.00. The first-order chi connectivity index (χ1) is 13.5. The SMILES string of the molecule is O=C(NCCC(O)c1ccco1)C(=O)Nc1cc2c3c(c1)CC(=O)N3CCC2. The Morgan fingerprint density at radius 3 is 2.86 bits per heavy atom. The number of rotatable bonds is 5. The highest BCUT2D eigenvalue weighted by atomic mass is 16.4. The van der Waals surface area contributed by atoms with E-state index in [0.717, 1.165) is 36.2 Å². The van der Waals surface area contributed by atoms with E-state index in [1.807, 2.05) is 6.07 Å². The maximum Gasteiger partial charge on any atom is 0.313 e. The van der Waals surface area contributed by atoms with Gasteiger partial charge < -0.3 is 25.1 Å². The van der Waals surface area contributed by atoms with Crippen molar-refractivity contribution in [2.75, 3.05) is 23.3 Å². The number of amides is 3. The van der Waals surface area contributed by atoms with Crippen LogP contribution in [-0.4, -0.2) is 35.9 Å². The zero-order valence-corrected chi connectivity index (χ0v) is 15.2. The number of benzene rings is 1. The van der Waals surface area contributed by atoms with E-state index in [9.17, 15) is 19.5 Å². The molecular formula is C20H21N3O5. The number of furan rings is 1. The Hall–Kier alpha value is -3.13. The van der Waals surface area contributed by atoms with E-state index in [1.165, 1.54) is 6.26 Å². The second-order valence-corrected chi connectivity index (χ2v) is 7.00. The summed E-state index contributed by atoms with van der Waals surface area (Å²) >= 11 is 0. The fourth-order valence-electron chi connectivity index (χ4n) is 3.77. The van der Waals surface area contributed by atoms with Crippen LogP contribution in [0.4, 0.5) is 11.4 Å². The van der Waals surface area contributed by atoms with Gasteiger partial charge in [-0.3, -0.25) is 14.4 Å². The lowest BCUT2D eigenvalue weighted by Gasteiger charge is -2.26. The van der Waals surface area contributed by atoms with Crippen molar-refractivity contribution < 1.29 is 23.9 Å². The zero-order chi connectivity index (χ0) is 19.7. The van der Waals surface area contributed by atoms with Crippen molar-refractivity contribution in [2.45, 2.75) is 31.8 Å². The summed E-state index contributed by atoms with van der Waals surface area (Å²) < 4.78 is 5.09. The van der Waals surface area contributed by atoms with Crippen LogP contribution in [0.2, 0.25) is 0 Å². The number of aryl methyl sites for hydroxylation is 1. The van der Waals surface area contributed by atoms with Crippen molar-refractivity contribution in [2.24, 2.45) is 0 Å². The Bertz CT molecular complexity index is 922. The fraction of sp³-hybridized carbons (Fsp3) is 0.350. The number of carbonyl (C=O) groups is 3. The minimum absolute atomic E-state index is 0.0762. The van der Waals surface area contributed by atoms with Crippen molar-refractivity contribution in [1.82, 2.24) is 5.32 Å². The maximum atomic E-state index is 12.2. The van der Waals surface area contributed by atoms with Crippen LogP contribution in [0.25, 0.3) is 0 Å². The molecule has 0 saturated carbocycles. The molecule has 1 aromatic carbocycles. The first-order valence-corrected chi connectivity index (χ1v) is 9.30. The van der Waals surface area contributed by atoms with Gasteiger partial charge in [0.05, 0.1) is 18.4 Å². The van der Waals surface area contributed by atoms with Crippen molar-refractivity contribution in [3.63, 3.8) is 0 Å². The van der Waals surface area contributed by atoms with Crippen LogP contribution < -0.4 is 15.5 Å². The minimum atomic E-state index is -0.844. The van der Waals surface area contributed by atoms with Crippen LogP contribution in [0, 0.1) is 0 Å². The molecule has 0 aliphatic carbocycles. The molecule has 0 bridgehead atoms. The standard InChI is InChI=1S/C20H21N3O5/c24-15(16-4-2-8-28-16)5-6-21-19(26)20(27)22-14-9-12-3-1-7-23-17(25)11-13(10-14)18(12)23/h2,4,8-10,15,24H,1,3,5-7,11H2,(H,21,26)(H,22,27). The molecule has 0 fully saturated rings. The molecule has 8 nitrogen and oxygen atoms in total. The zero-order valence-electron chi connectivity index (χ0n) is 15.2. The third kappa shape index (κ3) is 3.50. The normalized spacial score (nSPS) is 15.9. The molecule has 28 heavy (non-hydrogen) atoms. The molecule has 1 unspecified atom stereocenters. The van der Waals surface area contributed by atoms with Crippen LogP contribution in [0.3, 0.4) is 0 Å². The summed E-state index contributed by atoms with van der Waals surface area (Å²) in [6, 6.07) is 6.90. The van der Waals surface area contributed by atoms with Crippen molar-refractivity contribution in [1.29, 1.82) is 0 Å². The molecule has 0 spiro atoms. The number of aliphatic hydroxyl groups excluding tert-OH is 1. The number of nitrogens with one attached hydrogen (secondary N) is 2. The van der Waals surface area contributed by atoms with Gasteiger partial charge in [0.2, 0.25) is 5.91 Å². The van der Waals surface area contributed by atoms with Crippen molar-refractivity contribution in [3.05, 3.63) is 47.4 Å². The highest BCUT2D eigenvalue weighted by Gasteiger charge is 2.32. The number of hydrogen-bond donors (Lipinski definition) is 3. The molecule has 3 amide bonds. The monoisotopic (exact) mass is 383 g/mol. The van der Waals surface area contributed by atoms with Crippen molar-refractivity contribution in [3.8, 4) is 0 Å². The molecular weight excluding hydrogens is 362 g/mol. The van der Waals surface area contributed by atoms with Gasteiger partial charge >= 0.3 is 11.8 Å². The highest BCUT2D eigenvalue weighted by Crippen LogP contribution is 2.38. The number of hydrogen-bond acceptors (Lipinski definition) is 5. The maximum absolute atomic E-state index is 12.2. The number of nitrogens with zero attached hydrogens (tertiary/aromatic N) is 1. The summed E-state index contributed by atoms with van der Waals surface area (Å²) in [6.07, 6.45) is 2.89. The van der Waals surface area contributed by atoms with Crippen LogP contribution in [0.15, 0.2) is 34.9 Å². The lowest BCUT2D eigenvalue weighted by molar-refractivity contribution is -0.136. The smallest absolute Gasteiger partial charge is 0.313 e. The molecule has 3 N–H and O–H groups in total. The molecule has 0 radical (unpaired) electrons.